The predicted octanol–water partition coefficient (Wildman–Crippen LogP) is 10.8. The maximum atomic E-state index is 4.72. The van der Waals surface area contributed by atoms with Crippen LogP contribution in [0.5, 0.6) is 0 Å². The van der Waals surface area contributed by atoms with Crippen LogP contribution in [0.3, 0.4) is 0 Å². The van der Waals surface area contributed by atoms with Crippen molar-refractivity contribution in [1.29, 1.82) is 0 Å². The van der Waals surface area contributed by atoms with Crippen LogP contribution in [-0.4, -0.2) is 0 Å². The molecule has 4 atom stereocenters. The normalized spacial score (nSPS) is 21.9. The van der Waals surface area contributed by atoms with Crippen LogP contribution in [0.2, 0.25) is 0 Å². The molecule has 2 aliphatic carbocycles. The molecule has 1 heteroatoms. The molecule has 1 N–H and O–H groups in total. The number of aryl methyl sites for hydroxylation is 2. The minimum absolute atomic E-state index is 0.107. The van der Waals surface area contributed by atoms with Crippen molar-refractivity contribution in [2.24, 2.45) is 17.8 Å². The first-order valence-corrected chi connectivity index (χ1v) is 15.8. The zero-order valence-corrected chi connectivity index (χ0v) is 26.3. The van der Waals surface area contributed by atoms with Gasteiger partial charge in [-0.05, 0) is 147 Å². The lowest BCUT2D eigenvalue weighted by molar-refractivity contribution is 0.330. The average Bonchev–Trinajstić information content (AvgIpc) is 3.22. The highest BCUT2D eigenvalue weighted by atomic mass is 14.9. The van der Waals surface area contributed by atoms with Crippen molar-refractivity contribution < 1.29 is 0 Å². The summed E-state index contributed by atoms with van der Waals surface area (Å²) in [7, 11) is 0. The number of hydrogen-bond acceptors (Lipinski definition) is 1. The Labute approximate surface area is 250 Å². The fourth-order valence-corrected chi connectivity index (χ4v) is 7.02. The number of benzene rings is 2. The van der Waals surface area contributed by atoms with E-state index in [0.717, 1.165) is 17.9 Å². The van der Waals surface area contributed by atoms with Gasteiger partial charge in [0.1, 0.15) is 0 Å². The average molecular weight is 546 g/mol. The first-order valence-electron chi connectivity index (χ1n) is 15.8. The molecule has 0 amide bonds. The van der Waals surface area contributed by atoms with Crippen LogP contribution >= 0.6 is 0 Å². The van der Waals surface area contributed by atoms with Crippen LogP contribution in [0.4, 0.5) is 0 Å². The molecule has 0 saturated heterocycles. The van der Waals surface area contributed by atoms with E-state index in [-0.39, 0.29) is 6.04 Å². The topological polar surface area (TPSA) is 12.0 Å². The van der Waals surface area contributed by atoms with Crippen LogP contribution in [-0.2, 0) is 0 Å². The second-order valence-corrected chi connectivity index (χ2v) is 12.9. The molecular weight excluding hydrogens is 494 g/mol. The van der Waals surface area contributed by atoms with E-state index in [1.807, 2.05) is 0 Å². The maximum Gasteiger partial charge on any atom is 0.0695 e. The van der Waals surface area contributed by atoms with E-state index in [9.17, 15) is 0 Å². The van der Waals surface area contributed by atoms with Crippen molar-refractivity contribution in [2.45, 2.75) is 97.9 Å². The zero-order chi connectivity index (χ0) is 29.5. The Morgan fingerprint density at radius 3 is 2.39 bits per heavy atom. The third-order valence-electron chi connectivity index (χ3n) is 9.84. The van der Waals surface area contributed by atoms with Crippen molar-refractivity contribution in [2.75, 3.05) is 0 Å². The van der Waals surface area contributed by atoms with Gasteiger partial charge in [-0.15, -0.1) is 6.58 Å². The predicted molar refractivity (Wildman–Crippen MR) is 179 cm³/mol. The van der Waals surface area contributed by atoms with E-state index in [1.54, 1.807) is 6.08 Å². The largest absolute Gasteiger partial charge is 0.378 e. The molecule has 0 radical (unpaired) electrons. The second kappa shape index (κ2) is 14.1. The molecule has 0 aliphatic heterocycles. The van der Waals surface area contributed by atoms with E-state index in [0.29, 0.717) is 17.8 Å². The summed E-state index contributed by atoms with van der Waals surface area (Å²) in [6.45, 7) is 24.2. The van der Waals surface area contributed by atoms with Gasteiger partial charge in [-0.1, -0.05) is 75.1 Å². The van der Waals surface area contributed by atoms with Crippen molar-refractivity contribution in [3.8, 4) is 11.8 Å². The van der Waals surface area contributed by atoms with Crippen LogP contribution in [0.25, 0.3) is 5.57 Å². The molecule has 41 heavy (non-hydrogen) atoms. The van der Waals surface area contributed by atoms with Crippen LogP contribution in [0, 0.1) is 43.4 Å². The minimum Gasteiger partial charge on any atom is -0.378 e. The zero-order valence-electron chi connectivity index (χ0n) is 26.3. The molecule has 2 aromatic carbocycles. The quantitative estimate of drug-likeness (QED) is 0.198. The van der Waals surface area contributed by atoms with Crippen molar-refractivity contribution in [1.82, 2.24) is 5.32 Å². The lowest BCUT2D eigenvalue weighted by Crippen LogP contribution is -2.27. The summed E-state index contributed by atoms with van der Waals surface area (Å²) < 4.78 is 0. The molecule has 1 fully saturated rings. The first kappa shape index (κ1) is 30.7. The highest BCUT2D eigenvalue weighted by Crippen LogP contribution is 2.41. The Morgan fingerprint density at radius 2 is 1.71 bits per heavy atom. The van der Waals surface area contributed by atoms with Gasteiger partial charge in [0.2, 0.25) is 0 Å². The molecule has 0 spiro atoms. The SMILES string of the molecule is C=CC#Cc1ccc(C2CCCC(C(=C)c3cc(C(C=C)NC4=C(C)CCC(C(C)C)C4)c(C)cc3C)CC2)cc1. The fourth-order valence-electron chi connectivity index (χ4n) is 7.02. The summed E-state index contributed by atoms with van der Waals surface area (Å²) >= 11 is 0. The van der Waals surface area contributed by atoms with Gasteiger partial charge in [-0.3, -0.25) is 0 Å². The van der Waals surface area contributed by atoms with Gasteiger partial charge in [0.05, 0.1) is 6.04 Å². The van der Waals surface area contributed by atoms with E-state index in [2.05, 4.69) is 107 Å². The van der Waals surface area contributed by atoms with Gasteiger partial charge in [-0.25, -0.2) is 0 Å². The van der Waals surface area contributed by atoms with E-state index >= 15 is 0 Å². The van der Waals surface area contributed by atoms with E-state index < -0.39 is 0 Å². The third kappa shape index (κ3) is 7.54. The number of allylic oxidation sites excluding steroid dienone is 4. The minimum atomic E-state index is 0.107. The van der Waals surface area contributed by atoms with Crippen LogP contribution in [0.15, 0.2) is 79.6 Å². The summed E-state index contributed by atoms with van der Waals surface area (Å²) in [6.07, 6.45) is 13.5. The summed E-state index contributed by atoms with van der Waals surface area (Å²) in [6, 6.07) is 13.8. The number of nitrogens with one attached hydrogen (secondary N) is 1. The van der Waals surface area contributed by atoms with Gasteiger partial charge in [0.15, 0.2) is 0 Å². The maximum absolute atomic E-state index is 4.72. The van der Waals surface area contributed by atoms with Gasteiger partial charge in [-0.2, -0.15) is 0 Å². The summed E-state index contributed by atoms with van der Waals surface area (Å²) in [5, 5.41) is 3.93. The summed E-state index contributed by atoms with van der Waals surface area (Å²) in [5.74, 6) is 8.70. The summed E-state index contributed by atoms with van der Waals surface area (Å²) in [5.41, 5.74) is 12.1. The smallest absolute Gasteiger partial charge is 0.0695 e. The fraction of sp³-hybridized carbons (Fsp3) is 0.450. The molecule has 2 aliphatic rings. The highest BCUT2D eigenvalue weighted by Gasteiger charge is 2.26. The first-order chi connectivity index (χ1) is 19.7. The number of hydrogen-bond donors (Lipinski definition) is 1. The molecule has 0 heterocycles. The van der Waals surface area contributed by atoms with Gasteiger partial charge < -0.3 is 5.32 Å². The molecule has 1 saturated carbocycles. The monoisotopic (exact) mass is 545 g/mol. The molecule has 1 nitrogen and oxygen atoms in total. The molecule has 0 bridgehead atoms. The Bertz CT molecular complexity index is 1340. The standard InChI is InChI=1S/C40H51N/c1-9-11-13-32-17-20-35(21-18-32)34-15-12-14-33(22-23-34)31(8)37-26-38(30(7)24-29(37)6)39(10-2)41-40-25-36(27(3)4)19-16-28(40)5/h9-10,17-18,20-21,24,26-27,33-34,36,39,41H,1-2,8,12,14-16,19,22-23,25H2,3-7H3. The Hall–Kier alpha value is -3.24. The van der Waals surface area contributed by atoms with E-state index in [1.165, 1.54) is 89.6 Å². The van der Waals surface area contributed by atoms with Crippen molar-refractivity contribution in [3.63, 3.8) is 0 Å². The Balaban J connectivity index is 1.50. The van der Waals surface area contributed by atoms with Crippen LogP contribution in [0.1, 0.15) is 117 Å². The Morgan fingerprint density at radius 1 is 0.951 bits per heavy atom. The van der Waals surface area contributed by atoms with Crippen molar-refractivity contribution >= 4 is 5.57 Å². The van der Waals surface area contributed by atoms with Crippen LogP contribution < -0.4 is 5.32 Å². The molecule has 2 aromatic rings. The number of rotatable bonds is 8. The third-order valence-corrected chi connectivity index (χ3v) is 9.84. The molecule has 0 aromatic heterocycles. The van der Waals surface area contributed by atoms with Gasteiger partial charge in [0, 0.05) is 11.3 Å². The highest BCUT2D eigenvalue weighted by molar-refractivity contribution is 5.69. The molecule has 4 unspecified atom stereocenters. The lowest BCUT2D eigenvalue weighted by atomic mass is 9.80. The lowest BCUT2D eigenvalue weighted by Gasteiger charge is -2.32. The van der Waals surface area contributed by atoms with E-state index in [4.69, 9.17) is 6.58 Å². The van der Waals surface area contributed by atoms with Crippen molar-refractivity contribution in [3.05, 3.63) is 113 Å². The van der Waals surface area contributed by atoms with Gasteiger partial charge in [0.25, 0.3) is 0 Å². The molecular formula is C40H51N. The molecule has 216 valence electrons. The molecule has 4 rings (SSSR count). The summed E-state index contributed by atoms with van der Waals surface area (Å²) in [4.78, 5) is 0. The second-order valence-electron chi connectivity index (χ2n) is 12.9. The van der Waals surface area contributed by atoms with Gasteiger partial charge >= 0.3 is 0 Å². The Kier molecular flexibility index (Phi) is 10.6.